The molecule has 0 aliphatic carbocycles. The summed E-state index contributed by atoms with van der Waals surface area (Å²) in [6.45, 7) is 0.341. The molecule has 0 atom stereocenters. The van der Waals surface area contributed by atoms with E-state index in [4.69, 9.17) is 27.9 Å². The number of para-hydroxylation sites is 1. The number of ether oxygens (including phenoxy) is 1. The van der Waals surface area contributed by atoms with E-state index in [0.29, 0.717) is 21.6 Å². The molecule has 0 spiro atoms. The van der Waals surface area contributed by atoms with Gasteiger partial charge < -0.3 is 4.74 Å². The van der Waals surface area contributed by atoms with Gasteiger partial charge in [-0.25, -0.2) is 4.98 Å². The standard InChI is InChI=1S/C23H12Cl2I2N2OS2/c24-15-6-5-14(17(25)10-15)12-30-22-18(26)8-13(9-19(22)27)7-16(11-28)31-23-29-20-3-1-2-4-21(20)32-23/h1-10H,12H2/b16-7+. The van der Waals surface area contributed by atoms with E-state index in [1.54, 1.807) is 23.5 Å². The Kier molecular flexibility index (Phi) is 8.23. The van der Waals surface area contributed by atoms with Crippen LogP contribution in [0.3, 0.4) is 0 Å². The molecule has 32 heavy (non-hydrogen) atoms. The Morgan fingerprint density at radius 2 is 1.88 bits per heavy atom. The molecule has 0 radical (unpaired) electrons. The lowest BCUT2D eigenvalue weighted by Crippen LogP contribution is -2.00. The molecular formula is C23H12Cl2I2N2OS2. The Morgan fingerprint density at radius 3 is 2.56 bits per heavy atom. The fourth-order valence-electron chi connectivity index (χ4n) is 2.81. The van der Waals surface area contributed by atoms with Crippen molar-refractivity contribution in [2.45, 2.75) is 10.9 Å². The molecule has 0 saturated heterocycles. The van der Waals surface area contributed by atoms with Crippen LogP contribution in [0.15, 0.2) is 63.8 Å². The van der Waals surface area contributed by atoms with Crippen LogP contribution >= 0.6 is 91.5 Å². The first-order valence-corrected chi connectivity index (χ1v) is 13.7. The van der Waals surface area contributed by atoms with Crippen LogP contribution in [0.4, 0.5) is 0 Å². The van der Waals surface area contributed by atoms with Gasteiger partial charge in [-0.3, -0.25) is 0 Å². The van der Waals surface area contributed by atoms with Crippen molar-refractivity contribution in [1.82, 2.24) is 4.98 Å². The molecule has 0 saturated carbocycles. The molecule has 3 aromatic carbocycles. The summed E-state index contributed by atoms with van der Waals surface area (Å²) in [5.41, 5.74) is 2.75. The van der Waals surface area contributed by atoms with E-state index in [9.17, 15) is 5.26 Å². The summed E-state index contributed by atoms with van der Waals surface area (Å²) in [5, 5.41) is 10.8. The van der Waals surface area contributed by atoms with E-state index < -0.39 is 0 Å². The summed E-state index contributed by atoms with van der Waals surface area (Å²) >= 11 is 19.7. The van der Waals surface area contributed by atoms with Gasteiger partial charge in [0.05, 0.1) is 22.3 Å². The topological polar surface area (TPSA) is 45.9 Å². The highest BCUT2D eigenvalue weighted by atomic mass is 127. The molecule has 0 unspecified atom stereocenters. The normalized spacial score (nSPS) is 11.5. The minimum atomic E-state index is 0.341. The Bertz CT molecular complexity index is 1330. The number of allylic oxidation sites excluding steroid dienone is 1. The molecule has 4 aromatic rings. The number of hydrogen-bond acceptors (Lipinski definition) is 5. The number of rotatable bonds is 6. The number of thioether (sulfide) groups is 1. The van der Waals surface area contributed by atoms with Crippen LogP contribution in [0.5, 0.6) is 5.75 Å². The molecule has 9 heteroatoms. The second-order valence-corrected chi connectivity index (χ2v) is 12.0. The van der Waals surface area contributed by atoms with Gasteiger partial charge in [0, 0.05) is 15.6 Å². The largest absolute Gasteiger partial charge is 0.487 e. The van der Waals surface area contributed by atoms with Crippen molar-refractivity contribution in [3.8, 4) is 11.8 Å². The van der Waals surface area contributed by atoms with Crippen LogP contribution in [0.2, 0.25) is 10.0 Å². The van der Waals surface area contributed by atoms with Gasteiger partial charge in [-0.1, -0.05) is 41.4 Å². The van der Waals surface area contributed by atoms with E-state index in [1.807, 2.05) is 48.5 Å². The van der Waals surface area contributed by atoms with Gasteiger partial charge >= 0.3 is 0 Å². The van der Waals surface area contributed by atoms with Gasteiger partial charge in [0.15, 0.2) is 4.34 Å². The van der Waals surface area contributed by atoms with Gasteiger partial charge in [-0.15, -0.1) is 11.3 Å². The minimum Gasteiger partial charge on any atom is -0.487 e. The number of aromatic nitrogens is 1. The second kappa shape index (κ2) is 10.9. The summed E-state index contributed by atoms with van der Waals surface area (Å²) in [7, 11) is 0. The predicted molar refractivity (Wildman–Crippen MR) is 152 cm³/mol. The summed E-state index contributed by atoms with van der Waals surface area (Å²) in [4.78, 5) is 5.19. The van der Waals surface area contributed by atoms with Gasteiger partial charge in [0.2, 0.25) is 0 Å². The fourth-order valence-corrected chi connectivity index (χ4v) is 7.38. The molecular weight excluding hydrogens is 709 g/mol. The number of hydrogen-bond donors (Lipinski definition) is 0. The van der Waals surface area contributed by atoms with E-state index in [2.05, 4.69) is 56.2 Å². The van der Waals surface area contributed by atoms with Crippen LogP contribution in [0.1, 0.15) is 11.1 Å². The Labute approximate surface area is 231 Å². The maximum absolute atomic E-state index is 9.66. The summed E-state index contributed by atoms with van der Waals surface area (Å²) in [6, 6.07) is 19.6. The number of halogens is 4. The Balaban J connectivity index is 1.53. The second-order valence-electron chi connectivity index (χ2n) is 6.51. The van der Waals surface area contributed by atoms with Gasteiger partial charge in [0.1, 0.15) is 18.4 Å². The number of fused-ring (bicyclic) bond motifs is 1. The third kappa shape index (κ3) is 5.90. The average Bonchev–Trinajstić information content (AvgIpc) is 3.16. The summed E-state index contributed by atoms with van der Waals surface area (Å²) in [6.07, 6.45) is 1.88. The highest BCUT2D eigenvalue weighted by molar-refractivity contribution is 14.1. The molecule has 3 nitrogen and oxygen atoms in total. The number of benzene rings is 3. The lowest BCUT2D eigenvalue weighted by molar-refractivity contribution is 0.302. The molecule has 160 valence electrons. The number of nitriles is 1. The van der Waals surface area contributed by atoms with Crippen LogP contribution in [0, 0.1) is 18.5 Å². The average molecular weight is 721 g/mol. The van der Waals surface area contributed by atoms with Crippen molar-refractivity contribution in [2.75, 3.05) is 0 Å². The first kappa shape index (κ1) is 24.1. The Hall–Kier alpha value is -1.03. The smallest absolute Gasteiger partial charge is 0.156 e. The van der Waals surface area contributed by atoms with E-state index in [-0.39, 0.29) is 0 Å². The lowest BCUT2D eigenvalue weighted by atomic mass is 10.2. The van der Waals surface area contributed by atoms with Crippen LogP contribution in [0.25, 0.3) is 16.3 Å². The molecule has 4 rings (SSSR count). The fraction of sp³-hybridized carbons (Fsp3) is 0.0435. The van der Waals surface area contributed by atoms with Crippen molar-refractivity contribution < 1.29 is 4.74 Å². The molecule has 0 amide bonds. The third-order valence-corrected chi connectivity index (χ3v) is 8.50. The maximum Gasteiger partial charge on any atom is 0.156 e. The number of thiazole rings is 1. The zero-order valence-electron chi connectivity index (χ0n) is 16.1. The molecule has 0 fully saturated rings. The van der Waals surface area contributed by atoms with Gasteiger partial charge in [0.25, 0.3) is 0 Å². The molecule has 0 N–H and O–H groups in total. The third-order valence-electron chi connectivity index (χ3n) is 4.29. The first-order valence-electron chi connectivity index (χ1n) is 9.14. The zero-order chi connectivity index (χ0) is 22.7. The molecule has 0 aliphatic rings. The van der Waals surface area contributed by atoms with Crippen molar-refractivity contribution >= 4 is 108 Å². The van der Waals surface area contributed by atoms with Crippen molar-refractivity contribution in [3.63, 3.8) is 0 Å². The van der Waals surface area contributed by atoms with E-state index in [1.165, 1.54) is 11.8 Å². The zero-order valence-corrected chi connectivity index (χ0v) is 23.6. The Morgan fingerprint density at radius 1 is 1.12 bits per heavy atom. The van der Waals surface area contributed by atoms with Gasteiger partial charge in [-0.2, -0.15) is 5.26 Å². The molecule has 0 bridgehead atoms. The first-order chi connectivity index (χ1) is 15.4. The van der Waals surface area contributed by atoms with Gasteiger partial charge in [-0.05, 0) is 105 Å². The van der Waals surface area contributed by atoms with E-state index in [0.717, 1.165) is 38.6 Å². The van der Waals surface area contributed by atoms with Crippen molar-refractivity contribution in [2.24, 2.45) is 0 Å². The lowest BCUT2D eigenvalue weighted by Gasteiger charge is -2.12. The number of nitrogens with zero attached hydrogens (tertiary/aromatic N) is 2. The highest BCUT2D eigenvalue weighted by Crippen LogP contribution is 2.36. The van der Waals surface area contributed by atoms with E-state index >= 15 is 0 Å². The quantitative estimate of drug-likeness (QED) is 0.113. The van der Waals surface area contributed by atoms with Crippen LogP contribution < -0.4 is 4.74 Å². The minimum absolute atomic E-state index is 0.341. The predicted octanol–water partition coefficient (Wildman–Crippen LogP) is 9.05. The SMILES string of the molecule is N#C/C(=C\c1cc(I)c(OCc2ccc(Cl)cc2Cl)c(I)c1)Sc1nc2ccccc2s1. The van der Waals surface area contributed by atoms with Crippen molar-refractivity contribution in [1.29, 1.82) is 5.26 Å². The molecule has 1 heterocycles. The van der Waals surface area contributed by atoms with Crippen LogP contribution in [-0.2, 0) is 6.61 Å². The van der Waals surface area contributed by atoms with Crippen LogP contribution in [-0.4, -0.2) is 4.98 Å². The summed E-state index contributed by atoms with van der Waals surface area (Å²) in [5.74, 6) is 0.784. The molecule has 0 aliphatic heterocycles. The monoisotopic (exact) mass is 720 g/mol. The maximum atomic E-state index is 9.66. The van der Waals surface area contributed by atoms with Crippen molar-refractivity contribution in [3.05, 3.63) is 87.8 Å². The molecule has 1 aromatic heterocycles. The highest BCUT2D eigenvalue weighted by Gasteiger charge is 2.12. The summed E-state index contributed by atoms with van der Waals surface area (Å²) < 4.78 is 9.91.